The van der Waals surface area contributed by atoms with Crippen LogP contribution in [0.1, 0.15) is 53.2 Å². The van der Waals surface area contributed by atoms with Crippen molar-refractivity contribution in [2.45, 2.75) is 70.5 Å². The van der Waals surface area contributed by atoms with Gasteiger partial charge in [-0.15, -0.1) is 4.72 Å². The highest BCUT2D eigenvalue weighted by Gasteiger charge is 2.40. The van der Waals surface area contributed by atoms with Crippen LogP contribution in [0.4, 0.5) is 0 Å². The van der Waals surface area contributed by atoms with Gasteiger partial charge in [0.2, 0.25) is 0 Å². The van der Waals surface area contributed by atoms with Crippen molar-refractivity contribution in [3.8, 4) is 0 Å². The van der Waals surface area contributed by atoms with Crippen molar-refractivity contribution in [3.05, 3.63) is 30.1 Å². The van der Waals surface area contributed by atoms with E-state index in [4.69, 9.17) is 4.43 Å². The van der Waals surface area contributed by atoms with Crippen LogP contribution in [0.15, 0.2) is 24.5 Å². The van der Waals surface area contributed by atoms with Crippen LogP contribution >= 0.6 is 0 Å². The fraction of sp³-hybridized carbons (Fsp3) is 0.706. The molecule has 0 spiro atoms. The Kier molecular flexibility index (Phi) is 6.87. The Morgan fingerprint density at radius 3 is 2.30 bits per heavy atom. The Morgan fingerprint density at radius 1 is 1.26 bits per heavy atom. The lowest BCUT2D eigenvalue weighted by atomic mass is 10.2. The molecule has 2 atom stereocenters. The van der Waals surface area contributed by atoms with Gasteiger partial charge in [0.05, 0.1) is 12.6 Å². The van der Waals surface area contributed by atoms with Crippen molar-refractivity contribution in [3.63, 3.8) is 0 Å². The van der Waals surface area contributed by atoms with Crippen LogP contribution in [-0.2, 0) is 15.8 Å². The average Bonchev–Trinajstić information content (AvgIpc) is 2.41. The minimum absolute atomic E-state index is 0.122. The van der Waals surface area contributed by atoms with Gasteiger partial charge in [0.1, 0.15) is 4.75 Å². The second-order valence-corrected chi connectivity index (χ2v) is 15.2. The Bertz CT molecular complexity index is 484. The van der Waals surface area contributed by atoms with E-state index in [0.29, 0.717) is 6.54 Å². The highest BCUT2D eigenvalue weighted by Crippen LogP contribution is 2.39. The number of hydrogen-bond donors (Lipinski definition) is 1. The van der Waals surface area contributed by atoms with Crippen LogP contribution in [0.3, 0.4) is 0 Å². The quantitative estimate of drug-likeness (QED) is 0.613. The third-order valence-corrected chi connectivity index (χ3v) is 10.3. The van der Waals surface area contributed by atoms with Crippen molar-refractivity contribution in [1.82, 2.24) is 9.71 Å². The zero-order valence-corrected chi connectivity index (χ0v) is 17.6. The molecule has 6 heteroatoms. The second-order valence-electron chi connectivity index (χ2n) is 8.38. The zero-order chi connectivity index (χ0) is 17.9. The van der Waals surface area contributed by atoms with Crippen LogP contribution in [-0.4, -0.2) is 29.1 Å². The van der Waals surface area contributed by atoms with Gasteiger partial charge < -0.3 is 8.98 Å². The molecule has 1 rings (SSSR count). The largest absolute Gasteiger partial charge is 0.598 e. The Labute approximate surface area is 145 Å². The molecule has 23 heavy (non-hydrogen) atoms. The van der Waals surface area contributed by atoms with Crippen molar-refractivity contribution < 1.29 is 8.98 Å². The van der Waals surface area contributed by atoms with E-state index in [2.05, 4.69) is 43.6 Å². The molecule has 0 aliphatic carbocycles. The fourth-order valence-electron chi connectivity index (χ4n) is 1.69. The lowest BCUT2D eigenvalue weighted by Crippen LogP contribution is -2.46. The Balaban J connectivity index is 2.92. The van der Waals surface area contributed by atoms with Gasteiger partial charge in [0.25, 0.3) is 0 Å². The van der Waals surface area contributed by atoms with Gasteiger partial charge in [-0.05, 0) is 50.5 Å². The summed E-state index contributed by atoms with van der Waals surface area (Å²) in [5, 5.41) is 0.122. The number of aromatic nitrogens is 1. The summed E-state index contributed by atoms with van der Waals surface area (Å²) in [5.41, 5.74) is 1.02. The zero-order valence-electron chi connectivity index (χ0n) is 15.8. The van der Waals surface area contributed by atoms with Gasteiger partial charge in [-0.3, -0.25) is 4.98 Å². The molecule has 4 nitrogen and oxygen atoms in total. The monoisotopic (exact) mass is 356 g/mol. The van der Waals surface area contributed by atoms with E-state index in [1.165, 1.54) is 0 Å². The van der Waals surface area contributed by atoms with Gasteiger partial charge >= 0.3 is 0 Å². The molecule has 0 saturated carbocycles. The van der Waals surface area contributed by atoms with E-state index in [9.17, 15) is 4.55 Å². The number of rotatable bonds is 6. The molecule has 0 amide bonds. The van der Waals surface area contributed by atoms with Crippen molar-refractivity contribution in [1.29, 1.82) is 0 Å². The van der Waals surface area contributed by atoms with Crippen LogP contribution in [0.25, 0.3) is 0 Å². The van der Waals surface area contributed by atoms with Crippen molar-refractivity contribution >= 4 is 19.7 Å². The molecule has 0 aliphatic heterocycles. The van der Waals surface area contributed by atoms with Gasteiger partial charge in [0, 0.05) is 23.8 Å². The van der Waals surface area contributed by atoms with E-state index in [1.54, 1.807) is 6.20 Å². The highest BCUT2D eigenvalue weighted by molar-refractivity contribution is 7.90. The number of nitrogens with zero attached hydrogens (tertiary/aromatic N) is 1. The number of pyridine rings is 1. The van der Waals surface area contributed by atoms with Gasteiger partial charge in [-0.25, -0.2) is 0 Å². The maximum atomic E-state index is 12.3. The summed E-state index contributed by atoms with van der Waals surface area (Å²) >= 11 is -1.12. The summed E-state index contributed by atoms with van der Waals surface area (Å²) in [6.45, 7) is 17.5. The summed E-state index contributed by atoms with van der Waals surface area (Å²) in [7, 11) is -1.94. The number of hydrogen-bond acceptors (Lipinski definition) is 4. The minimum Gasteiger partial charge on any atom is -0.598 e. The van der Waals surface area contributed by atoms with E-state index in [0.717, 1.165) is 5.56 Å². The minimum atomic E-state index is -1.94. The summed E-state index contributed by atoms with van der Waals surface area (Å²) in [6.07, 6.45) is 3.45. The molecule has 0 radical (unpaired) electrons. The predicted octanol–water partition coefficient (Wildman–Crippen LogP) is 4.20. The molecule has 0 aliphatic rings. The van der Waals surface area contributed by atoms with Crippen LogP contribution < -0.4 is 4.72 Å². The predicted molar refractivity (Wildman–Crippen MR) is 101 cm³/mol. The molecular formula is C17H32N2O2SSi. The van der Waals surface area contributed by atoms with Crippen LogP contribution in [0.2, 0.25) is 18.1 Å². The normalized spacial score (nSPS) is 16.2. The topological polar surface area (TPSA) is 57.2 Å². The summed E-state index contributed by atoms with van der Waals surface area (Å²) in [5.74, 6) is 0. The Hall–Kier alpha value is -0.403. The first kappa shape index (κ1) is 20.6. The molecule has 0 saturated heterocycles. The third-order valence-electron chi connectivity index (χ3n) is 4.26. The highest BCUT2D eigenvalue weighted by atomic mass is 32.2. The molecule has 0 aromatic carbocycles. The first-order valence-electron chi connectivity index (χ1n) is 8.08. The maximum absolute atomic E-state index is 12.3. The van der Waals surface area contributed by atoms with E-state index >= 15 is 0 Å². The molecule has 1 N–H and O–H groups in total. The van der Waals surface area contributed by atoms with Crippen molar-refractivity contribution in [2.24, 2.45) is 0 Å². The summed E-state index contributed by atoms with van der Waals surface area (Å²) < 4.78 is 21.7. The standard InChI is InChI=1S/C17H32N2O2SSi/c1-16(2,3)22(20)19-13-15(14-10-9-11-18-12-14)21-23(7,8)17(4,5)6/h9-12,15,19H,13H2,1-8H3/t15-,22?/m0/s1. The van der Waals surface area contributed by atoms with Crippen LogP contribution in [0.5, 0.6) is 0 Å². The SMILES string of the molecule is CC(C)(C)[S+]([O-])NC[C@H](O[Si](C)(C)C(C)(C)C)c1cccnc1. The summed E-state index contributed by atoms with van der Waals surface area (Å²) in [4.78, 5) is 4.21. The van der Waals surface area contributed by atoms with E-state index in [-0.39, 0.29) is 15.9 Å². The third kappa shape index (κ3) is 6.19. The molecule has 1 heterocycles. The van der Waals surface area contributed by atoms with Gasteiger partial charge in [-0.2, -0.15) is 0 Å². The molecule has 132 valence electrons. The molecule has 0 bridgehead atoms. The lowest BCUT2D eigenvalue weighted by Gasteiger charge is -2.39. The smallest absolute Gasteiger partial charge is 0.192 e. The first-order valence-corrected chi connectivity index (χ1v) is 12.1. The van der Waals surface area contributed by atoms with E-state index < -0.39 is 19.7 Å². The lowest BCUT2D eigenvalue weighted by molar-refractivity contribution is 0.186. The van der Waals surface area contributed by atoms with Crippen molar-refractivity contribution in [2.75, 3.05) is 6.54 Å². The summed E-state index contributed by atoms with van der Waals surface area (Å²) in [6, 6.07) is 3.94. The molecule has 1 aromatic heterocycles. The maximum Gasteiger partial charge on any atom is 0.192 e. The first-order chi connectivity index (χ1) is 10.3. The van der Waals surface area contributed by atoms with E-state index in [1.807, 2.05) is 39.1 Å². The average molecular weight is 357 g/mol. The van der Waals surface area contributed by atoms with Gasteiger partial charge in [0.15, 0.2) is 8.32 Å². The van der Waals surface area contributed by atoms with Crippen LogP contribution in [0, 0.1) is 0 Å². The Morgan fingerprint density at radius 2 is 1.87 bits per heavy atom. The number of nitrogens with one attached hydrogen (secondary N) is 1. The fourth-order valence-corrected chi connectivity index (χ4v) is 3.71. The second kappa shape index (κ2) is 7.65. The molecule has 0 fully saturated rings. The molecule has 1 aromatic rings. The molecular weight excluding hydrogens is 324 g/mol. The molecule has 1 unspecified atom stereocenters. The van der Waals surface area contributed by atoms with Gasteiger partial charge in [-0.1, -0.05) is 26.8 Å².